The van der Waals surface area contributed by atoms with Crippen molar-refractivity contribution in [3.63, 3.8) is 0 Å². The van der Waals surface area contributed by atoms with Crippen molar-refractivity contribution in [1.82, 2.24) is 0 Å². The van der Waals surface area contributed by atoms with Gasteiger partial charge in [-0.2, -0.15) is 11.8 Å². The van der Waals surface area contributed by atoms with Crippen LogP contribution in [0.4, 0.5) is 0 Å². The SMILES string of the molecule is C.CC(C)CCSC(C)C. The molecule has 0 saturated heterocycles. The quantitative estimate of drug-likeness (QED) is 0.606. The van der Waals surface area contributed by atoms with Crippen molar-refractivity contribution in [3.05, 3.63) is 0 Å². The third-order valence-electron chi connectivity index (χ3n) is 1.15. The van der Waals surface area contributed by atoms with Crippen LogP contribution in [-0.2, 0) is 0 Å². The molecule has 0 nitrogen and oxygen atoms in total. The van der Waals surface area contributed by atoms with Crippen LogP contribution in [-0.4, -0.2) is 11.0 Å². The lowest BCUT2D eigenvalue weighted by Crippen LogP contribution is -1.93. The summed E-state index contributed by atoms with van der Waals surface area (Å²) in [5.74, 6) is 2.20. The van der Waals surface area contributed by atoms with E-state index in [1.54, 1.807) is 0 Å². The first-order valence-corrected chi connectivity index (χ1v) is 4.79. The Kier molecular flexibility index (Phi) is 9.68. The van der Waals surface area contributed by atoms with E-state index < -0.39 is 0 Å². The third-order valence-corrected chi connectivity index (χ3v) is 2.28. The lowest BCUT2D eigenvalue weighted by Gasteiger charge is -2.05. The lowest BCUT2D eigenvalue weighted by molar-refractivity contribution is 0.631. The summed E-state index contributed by atoms with van der Waals surface area (Å²) in [5, 5.41) is 0.809. The number of rotatable bonds is 4. The van der Waals surface area contributed by atoms with Gasteiger partial charge in [-0.3, -0.25) is 0 Å². The second kappa shape index (κ2) is 7.46. The second-order valence-corrected chi connectivity index (χ2v) is 4.79. The van der Waals surface area contributed by atoms with E-state index in [0.717, 1.165) is 11.2 Å². The zero-order valence-electron chi connectivity index (χ0n) is 6.98. The number of hydrogen-bond donors (Lipinski definition) is 0. The van der Waals surface area contributed by atoms with Crippen LogP contribution in [0.1, 0.15) is 41.5 Å². The summed E-state index contributed by atoms with van der Waals surface area (Å²) in [4.78, 5) is 0. The van der Waals surface area contributed by atoms with E-state index in [9.17, 15) is 0 Å². The minimum Gasteiger partial charge on any atom is -0.159 e. The van der Waals surface area contributed by atoms with Gasteiger partial charge in [0.15, 0.2) is 0 Å². The fourth-order valence-corrected chi connectivity index (χ4v) is 1.62. The normalized spacial score (nSPS) is 10.2. The Hall–Kier alpha value is 0.350. The predicted octanol–water partition coefficient (Wildman–Crippen LogP) is 3.81. The van der Waals surface area contributed by atoms with Crippen molar-refractivity contribution in [1.29, 1.82) is 0 Å². The first-order valence-electron chi connectivity index (χ1n) is 3.74. The molecule has 0 unspecified atom stereocenters. The highest BCUT2D eigenvalue weighted by atomic mass is 32.2. The first kappa shape index (κ1) is 13.0. The Labute approximate surface area is 70.8 Å². The van der Waals surface area contributed by atoms with Gasteiger partial charge < -0.3 is 0 Å². The van der Waals surface area contributed by atoms with E-state index in [0.29, 0.717) is 0 Å². The molecular weight excluding hydrogens is 140 g/mol. The summed E-state index contributed by atoms with van der Waals surface area (Å²) in [5.41, 5.74) is 0. The molecule has 0 spiro atoms. The molecule has 0 atom stereocenters. The van der Waals surface area contributed by atoms with Crippen molar-refractivity contribution < 1.29 is 0 Å². The minimum atomic E-state index is 0. The molecule has 0 aliphatic heterocycles. The highest BCUT2D eigenvalue weighted by molar-refractivity contribution is 7.99. The summed E-state index contributed by atoms with van der Waals surface area (Å²) in [6, 6.07) is 0. The summed E-state index contributed by atoms with van der Waals surface area (Å²) < 4.78 is 0. The summed E-state index contributed by atoms with van der Waals surface area (Å²) in [6.45, 7) is 9.07. The molecule has 0 amide bonds. The molecule has 0 heterocycles. The van der Waals surface area contributed by atoms with E-state index in [-0.39, 0.29) is 7.43 Å². The van der Waals surface area contributed by atoms with E-state index in [4.69, 9.17) is 0 Å². The van der Waals surface area contributed by atoms with Crippen molar-refractivity contribution in [2.24, 2.45) is 5.92 Å². The topological polar surface area (TPSA) is 0 Å². The van der Waals surface area contributed by atoms with Crippen LogP contribution in [0.3, 0.4) is 0 Å². The van der Waals surface area contributed by atoms with Crippen LogP contribution in [0.25, 0.3) is 0 Å². The molecule has 0 aliphatic carbocycles. The van der Waals surface area contributed by atoms with Gasteiger partial charge in [0.2, 0.25) is 0 Å². The van der Waals surface area contributed by atoms with Gasteiger partial charge in [0.1, 0.15) is 0 Å². The standard InChI is InChI=1S/C8H18S.CH4/c1-7(2)5-6-9-8(3)4;/h7-8H,5-6H2,1-4H3;1H4. The Balaban J connectivity index is 0. The predicted molar refractivity (Wildman–Crippen MR) is 53.8 cm³/mol. The maximum atomic E-state index is 2.28. The van der Waals surface area contributed by atoms with E-state index in [1.165, 1.54) is 12.2 Å². The van der Waals surface area contributed by atoms with Crippen LogP contribution < -0.4 is 0 Å². The molecule has 10 heavy (non-hydrogen) atoms. The smallest absolute Gasteiger partial charge is 0.000968 e. The van der Waals surface area contributed by atoms with Gasteiger partial charge in [-0.25, -0.2) is 0 Å². The molecule has 64 valence electrons. The number of thioether (sulfide) groups is 1. The van der Waals surface area contributed by atoms with Crippen LogP contribution in [0, 0.1) is 5.92 Å². The molecule has 0 aromatic rings. The second-order valence-electron chi connectivity index (χ2n) is 3.10. The van der Waals surface area contributed by atoms with Gasteiger partial charge in [-0.1, -0.05) is 35.1 Å². The van der Waals surface area contributed by atoms with Gasteiger partial charge >= 0.3 is 0 Å². The Morgan fingerprint density at radius 1 is 1.10 bits per heavy atom. The lowest BCUT2D eigenvalue weighted by atomic mass is 10.2. The monoisotopic (exact) mass is 162 g/mol. The minimum absolute atomic E-state index is 0. The average molecular weight is 162 g/mol. The van der Waals surface area contributed by atoms with Crippen molar-refractivity contribution in [3.8, 4) is 0 Å². The molecule has 0 saturated carbocycles. The molecule has 1 heteroatoms. The highest BCUT2D eigenvalue weighted by Gasteiger charge is 1.95. The van der Waals surface area contributed by atoms with Crippen LogP contribution in [0.5, 0.6) is 0 Å². The van der Waals surface area contributed by atoms with E-state index in [2.05, 4.69) is 39.5 Å². The molecule has 0 bridgehead atoms. The van der Waals surface area contributed by atoms with Crippen LogP contribution in [0.2, 0.25) is 0 Å². The van der Waals surface area contributed by atoms with Crippen LogP contribution in [0.15, 0.2) is 0 Å². The molecule has 0 rings (SSSR count). The van der Waals surface area contributed by atoms with E-state index >= 15 is 0 Å². The van der Waals surface area contributed by atoms with Crippen molar-refractivity contribution >= 4 is 11.8 Å². The molecule has 0 aromatic heterocycles. The largest absolute Gasteiger partial charge is 0.159 e. The zero-order valence-corrected chi connectivity index (χ0v) is 7.79. The molecular formula is C9H22S. The molecule has 0 radical (unpaired) electrons. The maximum Gasteiger partial charge on any atom is -0.000968 e. The van der Waals surface area contributed by atoms with Crippen LogP contribution >= 0.6 is 11.8 Å². The van der Waals surface area contributed by atoms with Gasteiger partial charge in [0, 0.05) is 0 Å². The van der Waals surface area contributed by atoms with Crippen molar-refractivity contribution in [2.75, 3.05) is 5.75 Å². The molecule has 0 aliphatic rings. The fraction of sp³-hybridized carbons (Fsp3) is 1.00. The Morgan fingerprint density at radius 2 is 1.60 bits per heavy atom. The van der Waals surface area contributed by atoms with Gasteiger partial charge in [0.25, 0.3) is 0 Å². The summed E-state index contributed by atoms with van der Waals surface area (Å²) >= 11 is 2.06. The van der Waals surface area contributed by atoms with Gasteiger partial charge in [0.05, 0.1) is 0 Å². The fourth-order valence-electron chi connectivity index (χ4n) is 0.539. The number of hydrogen-bond acceptors (Lipinski definition) is 1. The average Bonchev–Trinajstić information content (AvgIpc) is 1.63. The molecule has 0 fully saturated rings. The summed E-state index contributed by atoms with van der Waals surface area (Å²) in [6.07, 6.45) is 1.36. The molecule has 0 N–H and O–H groups in total. The van der Waals surface area contributed by atoms with Gasteiger partial charge in [-0.15, -0.1) is 0 Å². The van der Waals surface area contributed by atoms with Gasteiger partial charge in [-0.05, 0) is 23.3 Å². The molecule has 0 aromatic carbocycles. The highest BCUT2D eigenvalue weighted by Crippen LogP contribution is 2.13. The Bertz CT molecular complexity index is 49.7. The first-order chi connectivity index (χ1) is 4.13. The summed E-state index contributed by atoms with van der Waals surface area (Å²) in [7, 11) is 0. The maximum absolute atomic E-state index is 2.28. The van der Waals surface area contributed by atoms with E-state index in [1.807, 2.05) is 0 Å². The third kappa shape index (κ3) is 11.2. The Morgan fingerprint density at radius 3 is 1.90 bits per heavy atom. The van der Waals surface area contributed by atoms with Crippen molar-refractivity contribution in [2.45, 2.75) is 46.8 Å². The zero-order chi connectivity index (χ0) is 7.28.